The van der Waals surface area contributed by atoms with Gasteiger partial charge in [0.25, 0.3) is 0 Å². The molecule has 0 radical (unpaired) electrons. The lowest BCUT2D eigenvalue weighted by Crippen LogP contribution is -2.23. The van der Waals surface area contributed by atoms with Crippen molar-refractivity contribution in [1.82, 2.24) is 25.5 Å². The zero-order chi connectivity index (χ0) is 18.7. The van der Waals surface area contributed by atoms with E-state index in [0.717, 1.165) is 17.0 Å². The number of halogens is 2. The van der Waals surface area contributed by atoms with Gasteiger partial charge in [-0.3, -0.25) is 0 Å². The van der Waals surface area contributed by atoms with Gasteiger partial charge in [0.15, 0.2) is 5.82 Å². The Balaban J connectivity index is 2.09. The molecule has 9 heteroatoms. The quantitative estimate of drug-likeness (QED) is 0.692. The standard InChI is InChI=1S/C17H17Cl2N5O2/c1-20-15(13-8-10(18)9-14(19)16(13)26-3)17-21-22-23-24(17)11-4-6-12(25-2)7-5-11/h4-9,15,20H,1-3H3/t15-/m1/s1. The van der Waals surface area contributed by atoms with Gasteiger partial charge >= 0.3 is 0 Å². The van der Waals surface area contributed by atoms with Crippen molar-refractivity contribution < 1.29 is 9.47 Å². The maximum absolute atomic E-state index is 6.28. The van der Waals surface area contributed by atoms with Crippen LogP contribution in [0.1, 0.15) is 17.4 Å². The smallest absolute Gasteiger partial charge is 0.178 e. The van der Waals surface area contributed by atoms with Crippen molar-refractivity contribution in [3.63, 3.8) is 0 Å². The Labute approximate surface area is 160 Å². The van der Waals surface area contributed by atoms with Crippen LogP contribution < -0.4 is 14.8 Å². The maximum atomic E-state index is 6.28. The zero-order valence-corrected chi connectivity index (χ0v) is 15.9. The number of nitrogens with zero attached hydrogens (tertiary/aromatic N) is 4. The van der Waals surface area contributed by atoms with Gasteiger partial charge in [0, 0.05) is 10.6 Å². The van der Waals surface area contributed by atoms with Crippen LogP contribution in [0, 0.1) is 0 Å². The molecule has 0 amide bonds. The molecule has 0 unspecified atom stereocenters. The van der Waals surface area contributed by atoms with Gasteiger partial charge in [-0.05, 0) is 53.9 Å². The Morgan fingerprint density at radius 1 is 1.08 bits per heavy atom. The van der Waals surface area contributed by atoms with E-state index in [0.29, 0.717) is 21.6 Å². The van der Waals surface area contributed by atoms with E-state index in [1.807, 2.05) is 24.3 Å². The van der Waals surface area contributed by atoms with Crippen LogP contribution in [0.3, 0.4) is 0 Å². The van der Waals surface area contributed by atoms with E-state index in [9.17, 15) is 0 Å². The predicted molar refractivity (Wildman–Crippen MR) is 99.6 cm³/mol. The highest BCUT2D eigenvalue weighted by Gasteiger charge is 2.25. The molecule has 2 aromatic carbocycles. The van der Waals surface area contributed by atoms with Crippen molar-refractivity contribution in [3.05, 3.63) is 57.8 Å². The van der Waals surface area contributed by atoms with E-state index in [1.54, 1.807) is 38.1 Å². The van der Waals surface area contributed by atoms with Crippen molar-refractivity contribution in [1.29, 1.82) is 0 Å². The normalized spacial score (nSPS) is 12.0. The molecule has 136 valence electrons. The summed E-state index contributed by atoms with van der Waals surface area (Å²) in [6, 6.07) is 10.4. The highest BCUT2D eigenvalue weighted by Crippen LogP contribution is 2.37. The SMILES string of the molecule is CN[C@H](c1cc(Cl)cc(Cl)c1OC)c1nnnn1-c1ccc(OC)cc1. The fourth-order valence-corrected chi connectivity index (χ4v) is 3.30. The second kappa shape index (κ2) is 7.90. The second-order valence-corrected chi connectivity index (χ2v) is 6.22. The van der Waals surface area contributed by atoms with E-state index in [2.05, 4.69) is 20.8 Å². The maximum Gasteiger partial charge on any atom is 0.178 e. The number of aromatic nitrogens is 4. The van der Waals surface area contributed by atoms with E-state index in [1.165, 1.54) is 0 Å². The van der Waals surface area contributed by atoms with Crippen LogP contribution in [-0.2, 0) is 0 Å². The van der Waals surface area contributed by atoms with Crippen molar-refractivity contribution in [2.24, 2.45) is 0 Å². The van der Waals surface area contributed by atoms with Crippen molar-refractivity contribution in [2.75, 3.05) is 21.3 Å². The summed E-state index contributed by atoms with van der Waals surface area (Å²) in [7, 11) is 4.97. The molecule has 26 heavy (non-hydrogen) atoms. The van der Waals surface area contributed by atoms with E-state index >= 15 is 0 Å². The van der Waals surface area contributed by atoms with Gasteiger partial charge in [-0.25, -0.2) is 0 Å². The summed E-state index contributed by atoms with van der Waals surface area (Å²) in [4.78, 5) is 0. The molecule has 0 aliphatic carbocycles. The predicted octanol–water partition coefficient (Wildman–Crippen LogP) is 3.30. The Morgan fingerprint density at radius 2 is 1.81 bits per heavy atom. The molecule has 0 aliphatic heterocycles. The van der Waals surface area contributed by atoms with Gasteiger partial charge in [0.1, 0.15) is 11.5 Å². The first kappa shape index (κ1) is 18.4. The molecule has 0 spiro atoms. The number of hydrogen-bond acceptors (Lipinski definition) is 6. The number of benzene rings is 2. The minimum Gasteiger partial charge on any atom is -0.497 e. The molecule has 0 aliphatic rings. The largest absolute Gasteiger partial charge is 0.497 e. The number of tetrazole rings is 1. The third-order valence-electron chi connectivity index (χ3n) is 3.91. The molecule has 1 N–H and O–H groups in total. The first-order chi connectivity index (χ1) is 12.6. The molecule has 0 bridgehead atoms. The highest BCUT2D eigenvalue weighted by atomic mass is 35.5. The summed E-state index contributed by atoms with van der Waals surface area (Å²) < 4.78 is 12.3. The molecular weight excluding hydrogens is 377 g/mol. The summed E-state index contributed by atoms with van der Waals surface area (Å²) in [5.74, 6) is 1.82. The summed E-state index contributed by atoms with van der Waals surface area (Å²) in [6.45, 7) is 0. The van der Waals surface area contributed by atoms with Crippen molar-refractivity contribution >= 4 is 23.2 Å². The van der Waals surface area contributed by atoms with E-state index < -0.39 is 6.04 Å². The molecule has 0 fully saturated rings. The molecule has 0 saturated heterocycles. The van der Waals surface area contributed by atoms with Gasteiger partial charge in [-0.1, -0.05) is 23.2 Å². The molecule has 3 aromatic rings. The lowest BCUT2D eigenvalue weighted by molar-refractivity contribution is 0.404. The molecule has 3 rings (SSSR count). The van der Waals surface area contributed by atoms with Crippen molar-refractivity contribution in [3.8, 4) is 17.2 Å². The fraction of sp³-hybridized carbons (Fsp3) is 0.235. The van der Waals surface area contributed by atoms with Crippen LogP contribution >= 0.6 is 23.2 Å². The second-order valence-electron chi connectivity index (χ2n) is 5.38. The number of ether oxygens (including phenoxy) is 2. The Bertz CT molecular complexity index is 899. The minimum atomic E-state index is -0.391. The molecule has 1 atom stereocenters. The first-order valence-corrected chi connectivity index (χ1v) is 8.47. The van der Waals surface area contributed by atoms with Gasteiger partial charge in [0.2, 0.25) is 0 Å². The average molecular weight is 394 g/mol. The van der Waals surface area contributed by atoms with Gasteiger partial charge in [-0.2, -0.15) is 4.68 Å². The summed E-state index contributed by atoms with van der Waals surface area (Å²) in [5, 5.41) is 16.2. The van der Waals surface area contributed by atoms with Crippen LogP contribution in [0.25, 0.3) is 5.69 Å². The van der Waals surface area contributed by atoms with Crippen LogP contribution in [-0.4, -0.2) is 41.5 Å². The zero-order valence-electron chi connectivity index (χ0n) is 14.4. The molecular formula is C17H17Cl2N5O2. The molecule has 1 aromatic heterocycles. The molecule has 7 nitrogen and oxygen atoms in total. The monoisotopic (exact) mass is 393 g/mol. The van der Waals surface area contributed by atoms with Gasteiger partial charge in [-0.15, -0.1) is 5.10 Å². The summed E-state index contributed by atoms with van der Waals surface area (Å²) >= 11 is 12.5. The van der Waals surface area contributed by atoms with Crippen LogP contribution in [0.2, 0.25) is 10.0 Å². The lowest BCUT2D eigenvalue weighted by Gasteiger charge is -2.20. The van der Waals surface area contributed by atoms with Crippen LogP contribution in [0.15, 0.2) is 36.4 Å². The third-order valence-corrected chi connectivity index (χ3v) is 4.41. The Hall–Kier alpha value is -2.35. The Morgan fingerprint density at radius 3 is 2.42 bits per heavy atom. The van der Waals surface area contributed by atoms with Crippen molar-refractivity contribution in [2.45, 2.75) is 6.04 Å². The third kappa shape index (κ3) is 3.46. The minimum absolute atomic E-state index is 0.391. The fourth-order valence-electron chi connectivity index (χ4n) is 2.72. The topological polar surface area (TPSA) is 74.1 Å². The lowest BCUT2D eigenvalue weighted by atomic mass is 10.0. The van der Waals surface area contributed by atoms with Crippen LogP contribution in [0.5, 0.6) is 11.5 Å². The molecule has 0 saturated carbocycles. The highest BCUT2D eigenvalue weighted by molar-refractivity contribution is 6.35. The Kier molecular flexibility index (Phi) is 5.61. The number of hydrogen-bond donors (Lipinski definition) is 1. The average Bonchev–Trinajstić information content (AvgIpc) is 3.11. The number of nitrogens with one attached hydrogen (secondary N) is 1. The van der Waals surface area contributed by atoms with Gasteiger partial charge < -0.3 is 14.8 Å². The number of methoxy groups -OCH3 is 2. The summed E-state index contributed by atoms with van der Waals surface area (Å²) in [6.07, 6.45) is 0. The number of rotatable bonds is 6. The van der Waals surface area contributed by atoms with Crippen LogP contribution in [0.4, 0.5) is 0 Å². The van der Waals surface area contributed by atoms with Gasteiger partial charge in [0.05, 0.1) is 31.0 Å². The summed E-state index contributed by atoms with van der Waals surface area (Å²) in [5.41, 5.74) is 1.52. The first-order valence-electron chi connectivity index (χ1n) is 7.72. The molecule has 1 heterocycles. The van der Waals surface area contributed by atoms with E-state index in [-0.39, 0.29) is 0 Å². The van der Waals surface area contributed by atoms with E-state index in [4.69, 9.17) is 32.7 Å².